The number of nitrogens with zero attached hydrogens (tertiary/aromatic N) is 2. The van der Waals surface area contributed by atoms with Crippen molar-refractivity contribution in [3.05, 3.63) is 5.21 Å². The van der Waals surface area contributed by atoms with E-state index in [1.54, 1.807) is 0 Å². The van der Waals surface area contributed by atoms with Crippen LogP contribution in [0.1, 0.15) is 130 Å². The topological polar surface area (TPSA) is 84.9 Å². The molecule has 37 heavy (non-hydrogen) atoms. The Morgan fingerprint density at radius 3 is 1.89 bits per heavy atom. The van der Waals surface area contributed by atoms with Gasteiger partial charge >= 0.3 is 7.94 Å². The van der Waals surface area contributed by atoms with Crippen LogP contribution in [-0.4, -0.2) is 71.8 Å². The molecule has 2 fully saturated rings. The van der Waals surface area contributed by atoms with Gasteiger partial charge in [0.25, 0.3) is 0 Å². The van der Waals surface area contributed by atoms with Crippen molar-refractivity contribution in [2.45, 2.75) is 147 Å². The minimum Gasteiger partial charge on any atom is -0.783 e. The Morgan fingerprint density at radius 2 is 1.41 bits per heavy atom. The second-order valence-corrected chi connectivity index (χ2v) is 15.1. The van der Waals surface area contributed by atoms with Crippen LogP contribution in [0.25, 0.3) is 0 Å². The highest BCUT2D eigenvalue weighted by Crippen LogP contribution is 2.55. The summed E-state index contributed by atoms with van der Waals surface area (Å²) in [5.41, 5.74) is -1.07. The summed E-state index contributed by atoms with van der Waals surface area (Å²) in [7, 11) is 0.920. The Balaban J connectivity index is 1.57. The maximum Gasteiger partial charge on any atom is 0.453 e. The second kappa shape index (κ2) is 15.8. The molecule has 2 heterocycles. The Kier molecular flexibility index (Phi) is 14.3. The molecule has 2 aliphatic heterocycles. The molecule has 2 aliphatic rings. The van der Waals surface area contributed by atoms with E-state index in [0.29, 0.717) is 6.61 Å². The molecule has 0 saturated carbocycles. The number of rotatable bonds is 19. The van der Waals surface area contributed by atoms with E-state index >= 15 is 0 Å². The maximum atomic E-state index is 13.1. The molecular weight excluding hydrogens is 487 g/mol. The van der Waals surface area contributed by atoms with Crippen molar-refractivity contribution in [3.63, 3.8) is 0 Å². The first-order chi connectivity index (χ1) is 17.4. The number of piperidine rings is 1. The summed E-state index contributed by atoms with van der Waals surface area (Å²) in [5.74, 6) is 0. The van der Waals surface area contributed by atoms with Crippen LogP contribution in [0.2, 0.25) is 0 Å². The number of hydrogen-bond acceptors (Lipinski definition) is 5. The van der Waals surface area contributed by atoms with E-state index in [1.807, 2.05) is 13.8 Å². The molecule has 1 radical (unpaired) electrons. The fourth-order valence-corrected chi connectivity index (χ4v) is 7.27. The van der Waals surface area contributed by atoms with E-state index in [1.165, 1.54) is 37.2 Å². The smallest absolute Gasteiger partial charge is 0.453 e. The van der Waals surface area contributed by atoms with Crippen LogP contribution in [-0.2, 0) is 14.2 Å². The van der Waals surface area contributed by atoms with Gasteiger partial charge in [0.15, 0.2) is 0 Å². The van der Waals surface area contributed by atoms with Crippen molar-refractivity contribution in [1.29, 1.82) is 0 Å². The van der Waals surface area contributed by atoms with E-state index < -0.39 is 19.2 Å². The lowest BCUT2D eigenvalue weighted by Gasteiger charge is -2.48. The van der Waals surface area contributed by atoms with E-state index in [2.05, 4.69) is 21.0 Å². The molecule has 0 amide bonds. The van der Waals surface area contributed by atoms with E-state index in [-0.39, 0.29) is 12.3 Å². The predicted octanol–water partition coefficient (Wildman–Crippen LogP) is 7.60. The fraction of sp³-hybridized carbons (Fsp3) is 1.00. The van der Waals surface area contributed by atoms with Gasteiger partial charge in [-0.3, -0.25) is 0 Å². The number of hydroxylamine groups is 2. The van der Waals surface area contributed by atoms with Crippen molar-refractivity contribution in [2.75, 3.05) is 40.0 Å². The molecule has 2 saturated heterocycles. The summed E-state index contributed by atoms with van der Waals surface area (Å²) < 4.78 is 12.8. The molecular formula is C29H59N2O5P+. The molecule has 1 N–H and O–H groups in total. The third kappa shape index (κ3) is 12.0. The first-order valence-corrected chi connectivity index (χ1v) is 17.1. The molecule has 7 nitrogen and oxygen atoms in total. The van der Waals surface area contributed by atoms with Gasteiger partial charge in [0.2, 0.25) is 0 Å². The van der Waals surface area contributed by atoms with Crippen LogP contribution in [0.4, 0.5) is 0 Å². The van der Waals surface area contributed by atoms with Crippen molar-refractivity contribution in [3.8, 4) is 0 Å². The van der Waals surface area contributed by atoms with Crippen LogP contribution < -0.4 is 0 Å². The highest BCUT2D eigenvalue weighted by atomic mass is 31.2. The summed E-state index contributed by atoms with van der Waals surface area (Å²) in [6.07, 6.45) is 18.1. The lowest BCUT2D eigenvalue weighted by molar-refractivity contribution is -0.896. The van der Waals surface area contributed by atoms with Crippen molar-refractivity contribution in [2.24, 2.45) is 0 Å². The first kappa shape index (κ1) is 33.4. The zero-order chi connectivity index (χ0) is 27.4. The lowest BCUT2D eigenvalue weighted by Crippen LogP contribution is -2.48. The predicted molar refractivity (Wildman–Crippen MR) is 154 cm³/mol. The Bertz CT molecular complexity index is 623. The number of ether oxygens (including phenoxy) is 1. The number of quaternary nitrogens is 1. The number of likely N-dealkylation sites (tertiary alicyclic amines) is 1. The van der Waals surface area contributed by atoms with Gasteiger partial charge in [0.1, 0.15) is 18.0 Å². The molecule has 0 bridgehead atoms. The summed E-state index contributed by atoms with van der Waals surface area (Å²) in [6.45, 7) is 8.74. The molecule has 0 aromatic rings. The minimum absolute atomic E-state index is 0.0641. The van der Waals surface area contributed by atoms with Gasteiger partial charge in [-0.25, -0.2) is 0 Å². The summed E-state index contributed by atoms with van der Waals surface area (Å²) in [4.78, 5) is 22.7. The largest absolute Gasteiger partial charge is 0.783 e. The van der Waals surface area contributed by atoms with E-state index in [0.717, 1.165) is 94.6 Å². The quantitative estimate of drug-likeness (QED) is 0.102. The molecule has 0 aliphatic carbocycles. The molecule has 0 spiro atoms. The Hall–Kier alpha value is 0.150. The van der Waals surface area contributed by atoms with Crippen LogP contribution in [0.5, 0.6) is 0 Å². The molecule has 2 rings (SSSR count). The second-order valence-electron chi connectivity index (χ2n) is 13.1. The average Bonchev–Trinajstić information content (AvgIpc) is 3.05. The van der Waals surface area contributed by atoms with Gasteiger partial charge in [-0.1, -0.05) is 64.7 Å². The fourth-order valence-electron chi connectivity index (χ4n) is 5.86. The van der Waals surface area contributed by atoms with Gasteiger partial charge in [-0.05, 0) is 52.4 Å². The monoisotopic (exact) mass is 546 g/mol. The maximum absolute atomic E-state index is 13.1. The van der Waals surface area contributed by atoms with Crippen molar-refractivity contribution >= 4 is 7.94 Å². The minimum atomic E-state index is -3.48. The lowest BCUT2D eigenvalue weighted by atomic mass is 9.95. The van der Waals surface area contributed by atoms with Crippen molar-refractivity contribution in [1.82, 2.24) is 5.06 Å². The van der Waals surface area contributed by atoms with Crippen LogP contribution in [0.3, 0.4) is 0 Å². The Labute approximate surface area is 229 Å². The normalized spacial score (nSPS) is 24.6. The van der Waals surface area contributed by atoms with Crippen molar-refractivity contribution < 1.29 is 23.5 Å². The van der Waals surface area contributed by atoms with Gasteiger partial charge in [0, 0.05) is 23.3 Å². The SMILES string of the molecule is CCCCCCCCC1(CCCCCCCCC[P+]([O])(O)OC2CC[N+](C)(C)CC2)OCC(C)(C)N1[O-]. The highest BCUT2D eigenvalue weighted by Gasteiger charge is 2.45. The standard InChI is InChI=1S/C29H59N2O5P/c1-6-7-8-9-13-16-21-29(30(32)28(2,3)26-35-29)22-17-14-11-10-12-15-18-25-37(33,34)36-27-19-23-31(4,5)24-20-27/h27,33H,6-26H2,1-5H3/q+1. The summed E-state index contributed by atoms with van der Waals surface area (Å²) >= 11 is 0. The Morgan fingerprint density at radius 1 is 0.919 bits per heavy atom. The third-order valence-electron chi connectivity index (χ3n) is 8.47. The third-order valence-corrected chi connectivity index (χ3v) is 9.98. The molecule has 2 unspecified atom stereocenters. The molecule has 2 atom stereocenters. The molecule has 8 heteroatoms. The molecule has 0 aromatic heterocycles. The van der Waals surface area contributed by atoms with Crippen LogP contribution in [0.15, 0.2) is 0 Å². The van der Waals surface area contributed by atoms with Gasteiger partial charge in [-0.2, -0.15) is 9.42 Å². The van der Waals surface area contributed by atoms with Gasteiger partial charge in [-0.15, -0.1) is 0 Å². The molecule has 219 valence electrons. The van der Waals surface area contributed by atoms with Gasteiger partial charge in [0.05, 0.1) is 33.8 Å². The number of hydrogen-bond donors (Lipinski definition) is 1. The van der Waals surface area contributed by atoms with Crippen LogP contribution >= 0.6 is 7.94 Å². The first-order valence-electron chi connectivity index (χ1n) is 15.4. The zero-order valence-electron chi connectivity index (χ0n) is 24.8. The number of unbranched alkanes of at least 4 members (excludes halogenated alkanes) is 11. The van der Waals surface area contributed by atoms with Gasteiger partial charge < -0.3 is 19.5 Å². The molecule has 0 aromatic carbocycles. The highest BCUT2D eigenvalue weighted by molar-refractivity contribution is 7.59. The average molecular weight is 547 g/mol. The van der Waals surface area contributed by atoms with E-state index in [9.17, 15) is 15.0 Å². The van der Waals surface area contributed by atoms with E-state index in [4.69, 9.17) is 9.26 Å². The summed E-state index contributed by atoms with van der Waals surface area (Å²) in [6, 6.07) is 0. The zero-order valence-corrected chi connectivity index (χ0v) is 25.7. The van der Waals surface area contributed by atoms with Crippen LogP contribution in [0, 0.1) is 5.21 Å². The summed E-state index contributed by atoms with van der Waals surface area (Å²) in [5, 5.41) is 14.4.